The van der Waals surface area contributed by atoms with Gasteiger partial charge in [0.2, 0.25) is 0 Å². The van der Waals surface area contributed by atoms with Gasteiger partial charge in [0, 0.05) is 31.0 Å². The zero-order valence-corrected chi connectivity index (χ0v) is 19.0. The first-order chi connectivity index (χ1) is 14.8. The zero-order valence-electron chi connectivity index (χ0n) is 17.3. The van der Waals surface area contributed by atoms with Crippen LogP contribution in [0.2, 0.25) is 0 Å². The Morgan fingerprint density at radius 3 is 2.71 bits per heavy atom. The molecule has 1 atom stereocenters. The molecule has 31 heavy (non-hydrogen) atoms. The van der Waals surface area contributed by atoms with Crippen molar-refractivity contribution in [3.8, 4) is 0 Å². The molecule has 0 bridgehead atoms. The largest absolute Gasteiger partial charge is 0.394 e. The second-order valence-corrected chi connectivity index (χ2v) is 9.69. The summed E-state index contributed by atoms with van der Waals surface area (Å²) in [5.41, 5.74) is 1.34. The van der Waals surface area contributed by atoms with Gasteiger partial charge in [0.25, 0.3) is 0 Å². The number of anilines is 2. The van der Waals surface area contributed by atoms with Crippen molar-refractivity contribution in [3.63, 3.8) is 0 Å². The average molecular weight is 472 g/mol. The molecule has 170 valence electrons. The van der Waals surface area contributed by atoms with Crippen LogP contribution in [-0.4, -0.2) is 66.7 Å². The van der Waals surface area contributed by atoms with Crippen LogP contribution in [0.15, 0.2) is 29.4 Å². The van der Waals surface area contributed by atoms with Gasteiger partial charge in [-0.3, -0.25) is 4.72 Å². The Kier molecular flexibility index (Phi) is 8.06. The Bertz CT molecular complexity index is 1000. The van der Waals surface area contributed by atoms with Crippen LogP contribution in [0.5, 0.6) is 0 Å². The summed E-state index contributed by atoms with van der Waals surface area (Å²) in [5, 5.41) is 12.7. The lowest BCUT2D eigenvalue weighted by Gasteiger charge is -2.26. The van der Waals surface area contributed by atoms with Gasteiger partial charge in [-0.05, 0) is 31.0 Å². The fourth-order valence-electron chi connectivity index (χ4n) is 2.85. The van der Waals surface area contributed by atoms with Crippen LogP contribution < -0.4 is 10.0 Å². The fourth-order valence-corrected chi connectivity index (χ4v) is 4.90. The van der Waals surface area contributed by atoms with E-state index in [1.165, 1.54) is 28.2 Å². The number of rotatable bonds is 9. The summed E-state index contributed by atoms with van der Waals surface area (Å²) in [6.07, 6.45) is 0. The first kappa shape index (κ1) is 23.7. The van der Waals surface area contributed by atoms with Crippen molar-refractivity contribution in [2.75, 3.05) is 42.9 Å². The van der Waals surface area contributed by atoms with E-state index in [0.717, 1.165) is 5.56 Å². The smallest absolute Gasteiger partial charge is 0.302 e. The molecule has 1 aliphatic rings. The van der Waals surface area contributed by atoms with Crippen molar-refractivity contribution in [1.82, 2.24) is 14.3 Å². The topological polar surface area (TPSA) is 117 Å². The molecule has 1 aromatic carbocycles. The lowest BCUT2D eigenvalue weighted by Crippen LogP contribution is -2.43. The Hall–Kier alpha value is -1.99. The van der Waals surface area contributed by atoms with Gasteiger partial charge in [0.1, 0.15) is 17.5 Å². The minimum atomic E-state index is -3.81. The summed E-state index contributed by atoms with van der Waals surface area (Å²) in [6.45, 7) is 4.53. The van der Waals surface area contributed by atoms with Crippen LogP contribution in [0.4, 0.5) is 16.0 Å². The molecule has 2 aromatic rings. The van der Waals surface area contributed by atoms with E-state index >= 15 is 0 Å². The molecule has 0 spiro atoms. The standard InChI is InChI=1S/C19H26FN5O4S2/c1-13(11-26)21-17-10-18(24-31(27,28)25-6-8-29-9-7-25)23-19(22-17)30-12-15-4-3-5-16(20)14(15)2/h3-5,10,13,26H,6-9,11-12H2,1-2H3,(H2,21,22,23,24)/t13-/m1/s1. The maximum atomic E-state index is 13.8. The van der Waals surface area contributed by atoms with Crippen molar-refractivity contribution in [3.05, 3.63) is 41.2 Å². The Morgan fingerprint density at radius 2 is 2.00 bits per heavy atom. The molecular formula is C19H26FN5O4S2. The molecule has 0 unspecified atom stereocenters. The van der Waals surface area contributed by atoms with E-state index in [2.05, 4.69) is 20.0 Å². The summed E-state index contributed by atoms with van der Waals surface area (Å²) in [5.74, 6) is 0.602. The highest BCUT2D eigenvalue weighted by atomic mass is 32.2. The molecule has 3 N–H and O–H groups in total. The van der Waals surface area contributed by atoms with Gasteiger partial charge in [0.15, 0.2) is 5.16 Å². The predicted molar refractivity (Wildman–Crippen MR) is 118 cm³/mol. The SMILES string of the molecule is Cc1c(F)cccc1CSc1nc(N[C@H](C)CO)cc(NS(=O)(=O)N2CCOCC2)n1. The third kappa shape index (κ3) is 6.50. The molecule has 0 aliphatic carbocycles. The number of nitrogens with zero attached hydrogens (tertiary/aromatic N) is 3. The molecular weight excluding hydrogens is 445 g/mol. The lowest BCUT2D eigenvalue weighted by molar-refractivity contribution is 0.0733. The van der Waals surface area contributed by atoms with Crippen molar-refractivity contribution < 1.29 is 22.7 Å². The predicted octanol–water partition coefficient (Wildman–Crippen LogP) is 2.00. The maximum Gasteiger partial charge on any atom is 0.302 e. The minimum absolute atomic E-state index is 0.104. The van der Waals surface area contributed by atoms with E-state index in [9.17, 15) is 17.9 Å². The average Bonchev–Trinajstić information content (AvgIpc) is 2.75. The molecule has 1 aliphatic heterocycles. The third-order valence-corrected chi connectivity index (χ3v) is 7.06. The first-order valence-electron chi connectivity index (χ1n) is 9.77. The molecule has 0 radical (unpaired) electrons. The van der Waals surface area contributed by atoms with Gasteiger partial charge in [-0.15, -0.1) is 0 Å². The van der Waals surface area contributed by atoms with E-state index in [-0.39, 0.29) is 37.4 Å². The monoisotopic (exact) mass is 471 g/mol. The Morgan fingerprint density at radius 1 is 1.29 bits per heavy atom. The van der Waals surface area contributed by atoms with Crippen LogP contribution in [0.1, 0.15) is 18.1 Å². The normalized spacial score (nSPS) is 16.1. The van der Waals surface area contributed by atoms with Gasteiger partial charge < -0.3 is 15.2 Å². The molecule has 0 amide bonds. The summed E-state index contributed by atoms with van der Waals surface area (Å²) in [6, 6.07) is 6.05. The Labute approximate surface area is 185 Å². The molecule has 12 heteroatoms. The van der Waals surface area contributed by atoms with Gasteiger partial charge >= 0.3 is 10.2 Å². The van der Waals surface area contributed by atoms with E-state index in [4.69, 9.17) is 4.74 Å². The number of halogens is 1. The minimum Gasteiger partial charge on any atom is -0.394 e. The molecule has 1 aromatic heterocycles. The number of thioether (sulfide) groups is 1. The number of nitrogens with one attached hydrogen (secondary N) is 2. The summed E-state index contributed by atoms with van der Waals surface area (Å²) in [4.78, 5) is 8.72. The molecule has 1 saturated heterocycles. The molecule has 0 saturated carbocycles. The second kappa shape index (κ2) is 10.6. The van der Waals surface area contributed by atoms with Crippen LogP contribution in [0, 0.1) is 12.7 Å². The number of morpholine rings is 1. The van der Waals surface area contributed by atoms with E-state index in [1.54, 1.807) is 19.9 Å². The Balaban J connectivity index is 1.82. The van der Waals surface area contributed by atoms with E-state index in [1.807, 2.05) is 6.07 Å². The van der Waals surface area contributed by atoms with Gasteiger partial charge in [0.05, 0.1) is 19.8 Å². The highest BCUT2D eigenvalue weighted by Crippen LogP contribution is 2.26. The highest BCUT2D eigenvalue weighted by Gasteiger charge is 2.25. The number of benzene rings is 1. The maximum absolute atomic E-state index is 13.8. The first-order valence-corrected chi connectivity index (χ1v) is 12.2. The zero-order chi connectivity index (χ0) is 22.4. The number of aliphatic hydroxyl groups is 1. The van der Waals surface area contributed by atoms with Crippen molar-refractivity contribution in [1.29, 1.82) is 0 Å². The number of hydrogen-bond acceptors (Lipinski definition) is 8. The number of ether oxygens (including phenoxy) is 1. The fraction of sp³-hybridized carbons (Fsp3) is 0.474. The van der Waals surface area contributed by atoms with Crippen LogP contribution in [0.25, 0.3) is 0 Å². The van der Waals surface area contributed by atoms with Crippen LogP contribution >= 0.6 is 11.8 Å². The van der Waals surface area contributed by atoms with Crippen LogP contribution in [-0.2, 0) is 20.7 Å². The quantitative estimate of drug-likeness (QED) is 0.376. The molecule has 9 nitrogen and oxygen atoms in total. The van der Waals surface area contributed by atoms with Gasteiger partial charge in [-0.1, -0.05) is 23.9 Å². The van der Waals surface area contributed by atoms with Crippen molar-refractivity contribution in [2.45, 2.75) is 30.8 Å². The number of aliphatic hydroxyl groups excluding tert-OH is 1. The van der Waals surface area contributed by atoms with Gasteiger partial charge in [-0.2, -0.15) is 12.7 Å². The lowest BCUT2D eigenvalue weighted by atomic mass is 10.1. The molecule has 3 rings (SSSR count). The second-order valence-electron chi connectivity index (χ2n) is 7.08. The molecule has 2 heterocycles. The highest BCUT2D eigenvalue weighted by molar-refractivity contribution is 7.98. The molecule has 1 fully saturated rings. The van der Waals surface area contributed by atoms with Crippen molar-refractivity contribution in [2.24, 2.45) is 0 Å². The van der Waals surface area contributed by atoms with E-state index < -0.39 is 10.2 Å². The summed E-state index contributed by atoms with van der Waals surface area (Å²) >= 11 is 1.26. The number of hydrogen-bond donors (Lipinski definition) is 3. The van der Waals surface area contributed by atoms with E-state index in [0.29, 0.717) is 35.5 Å². The van der Waals surface area contributed by atoms with Gasteiger partial charge in [-0.25, -0.2) is 14.4 Å². The van der Waals surface area contributed by atoms with Crippen molar-refractivity contribution >= 4 is 33.6 Å². The third-order valence-electron chi connectivity index (χ3n) is 4.65. The number of aromatic nitrogens is 2. The summed E-state index contributed by atoms with van der Waals surface area (Å²) < 4.78 is 48.2. The van der Waals surface area contributed by atoms with Crippen LogP contribution in [0.3, 0.4) is 0 Å². The summed E-state index contributed by atoms with van der Waals surface area (Å²) in [7, 11) is -3.81.